The Balaban J connectivity index is 1.94. The number of nitrogens with zero attached hydrogens (tertiary/aromatic N) is 1. The number of hydrogen-bond donors (Lipinski definition) is 1. The molecule has 0 spiro atoms. The summed E-state index contributed by atoms with van der Waals surface area (Å²) >= 11 is 0. The van der Waals surface area contributed by atoms with E-state index in [1.807, 2.05) is 29.2 Å². The minimum atomic E-state index is -0.248. The third kappa shape index (κ3) is 3.97. The Morgan fingerprint density at radius 1 is 1.28 bits per heavy atom. The molecule has 0 bridgehead atoms. The van der Waals surface area contributed by atoms with Gasteiger partial charge in [0.2, 0.25) is 11.8 Å². The lowest BCUT2D eigenvalue weighted by Crippen LogP contribution is -2.48. The van der Waals surface area contributed by atoms with Crippen molar-refractivity contribution in [2.24, 2.45) is 5.92 Å². The first-order valence-corrected chi connectivity index (χ1v) is 9.38. The van der Waals surface area contributed by atoms with Gasteiger partial charge in [-0.15, -0.1) is 0 Å². The van der Waals surface area contributed by atoms with Crippen molar-refractivity contribution in [3.63, 3.8) is 0 Å². The largest absolute Gasteiger partial charge is 0.496 e. The number of para-hydroxylation sites is 1. The number of ether oxygens (including phenoxy) is 1. The van der Waals surface area contributed by atoms with Gasteiger partial charge in [0.15, 0.2) is 0 Å². The van der Waals surface area contributed by atoms with E-state index in [0.29, 0.717) is 25.4 Å². The molecule has 2 amide bonds. The Labute approximate surface area is 149 Å². The molecule has 1 aliphatic heterocycles. The third-order valence-corrected chi connectivity index (χ3v) is 5.18. The van der Waals surface area contributed by atoms with Crippen molar-refractivity contribution in [1.29, 1.82) is 0 Å². The molecule has 2 fully saturated rings. The summed E-state index contributed by atoms with van der Waals surface area (Å²) in [7, 11) is 1.64. The summed E-state index contributed by atoms with van der Waals surface area (Å²) in [5.74, 6) is 0.742. The molecule has 1 aliphatic carbocycles. The van der Waals surface area contributed by atoms with Gasteiger partial charge in [0.25, 0.3) is 0 Å². The second-order valence-corrected chi connectivity index (χ2v) is 7.06. The fraction of sp³-hybridized carbons (Fsp3) is 0.600. The second-order valence-electron chi connectivity index (χ2n) is 7.06. The summed E-state index contributed by atoms with van der Waals surface area (Å²) in [5.41, 5.74) is 0.935. The highest BCUT2D eigenvalue weighted by Crippen LogP contribution is 2.41. The molecule has 0 unspecified atom stereocenters. The van der Waals surface area contributed by atoms with Crippen molar-refractivity contribution in [3.05, 3.63) is 29.8 Å². The quantitative estimate of drug-likeness (QED) is 0.827. The molecule has 5 heteroatoms. The number of carbonyl (C=O) groups is 2. The fourth-order valence-electron chi connectivity index (χ4n) is 3.65. The predicted molar refractivity (Wildman–Crippen MR) is 96.2 cm³/mol. The highest BCUT2D eigenvalue weighted by atomic mass is 16.5. The number of hydrogen-bond acceptors (Lipinski definition) is 3. The Morgan fingerprint density at radius 3 is 2.72 bits per heavy atom. The summed E-state index contributed by atoms with van der Waals surface area (Å²) in [6, 6.07) is 7.84. The van der Waals surface area contributed by atoms with E-state index in [-0.39, 0.29) is 23.8 Å². The van der Waals surface area contributed by atoms with Gasteiger partial charge in [0.05, 0.1) is 19.1 Å². The average molecular weight is 344 g/mol. The lowest BCUT2D eigenvalue weighted by Gasteiger charge is -2.41. The van der Waals surface area contributed by atoms with E-state index < -0.39 is 0 Å². The van der Waals surface area contributed by atoms with E-state index in [2.05, 4.69) is 12.2 Å². The van der Waals surface area contributed by atoms with Gasteiger partial charge in [0, 0.05) is 24.6 Å². The zero-order chi connectivity index (χ0) is 17.8. The first kappa shape index (κ1) is 17.8. The number of piperidine rings is 1. The van der Waals surface area contributed by atoms with Crippen molar-refractivity contribution in [3.8, 4) is 5.75 Å². The highest BCUT2D eigenvalue weighted by Gasteiger charge is 2.42. The third-order valence-electron chi connectivity index (χ3n) is 5.18. The van der Waals surface area contributed by atoms with Gasteiger partial charge in [-0.3, -0.25) is 9.59 Å². The first-order valence-electron chi connectivity index (χ1n) is 9.38. The number of rotatable bonds is 7. The molecule has 0 radical (unpaired) electrons. The zero-order valence-electron chi connectivity index (χ0n) is 15.2. The van der Waals surface area contributed by atoms with Crippen LogP contribution >= 0.6 is 0 Å². The molecule has 1 heterocycles. The molecule has 1 N–H and O–H groups in total. The number of methoxy groups -OCH3 is 1. The maximum Gasteiger partial charge on any atom is 0.225 e. The van der Waals surface area contributed by atoms with Gasteiger partial charge in [-0.05, 0) is 31.7 Å². The Morgan fingerprint density at radius 2 is 2.04 bits per heavy atom. The van der Waals surface area contributed by atoms with Gasteiger partial charge in [-0.2, -0.15) is 0 Å². The number of unbranched alkanes of at least 4 members (excludes halogenated alkanes) is 1. The number of benzene rings is 1. The molecule has 3 rings (SSSR count). The standard InChI is InChI=1S/C20H28N2O3/c1-3-4-13-22-18(23)12-11-16(20(24)21-14-9-10-14)19(22)15-7-5-6-8-17(15)25-2/h5-8,14,16,19H,3-4,9-13H2,1-2H3,(H,21,24)/t16-,19-/m1/s1. The molecule has 2 atom stereocenters. The smallest absolute Gasteiger partial charge is 0.225 e. The van der Waals surface area contributed by atoms with Crippen molar-refractivity contribution in [2.45, 2.75) is 57.5 Å². The molecular formula is C20H28N2O3. The van der Waals surface area contributed by atoms with Crippen LogP contribution in [0.15, 0.2) is 24.3 Å². The topological polar surface area (TPSA) is 58.6 Å². The van der Waals surface area contributed by atoms with E-state index in [0.717, 1.165) is 37.0 Å². The van der Waals surface area contributed by atoms with Crippen LogP contribution in [0.25, 0.3) is 0 Å². The molecule has 136 valence electrons. The van der Waals surface area contributed by atoms with E-state index >= 15 is 0 Å². The minimum Gasteiger partial charge on any atom is -0.496 e. The minimum absolute atomic E-state index is 0.0763. The van der Waals surface area contributed by atoms with Crippen LogP contribution in [-0.2, 0) is 9.59 Å². The molecule has 1 aromatic carbocycles. The van der Waals surface area contributed by atoms with Crippen LogP contribution in [0.2, 0.25) is 0 Å². The molecule has 1 saturated carbocycles. The molecule has 5 nitrogen and oxygen atoms in total. The molecular weight excluding hydrogens is 316 g/mol. The summed E-state index contributed by atoms with van der Waals surface area (Å²) in [5, 5.41) is 3.13. The molecule has 0 aromatic heterocycles. The molecule has 1 saturated heterocycles. The maximum absolute atomic E-state index is 12.9. The lowest BCUT2D eigenvalue weighted by atomic mass is 9.83. The van der Waals surface area contributed by atoms with Crippen molar-refractivity contribution in [1.82, 2.24) is 10.2 Å². The number of carbonyl (C=O) groups excluding carboxylic acids is 2. The zero-order valence-corrected chi connectivity index (χ0v) is 15.2. The number of amides is 2. The summed E-state index contributed by atoms with van der Waals surface area (Å²) in [6.07, 6.45) is 5.13. The van der Waals surface area contributed by atoms with Crippen molar-refractivity contribution >= 4 is 11.8 Å². The SMILES string of the molecule is CCCCN1C(=O)CC[C@@H](C(=O)NC2CC2)[C@H]1c1ccccc1OC. The van der Waals surface area contributed by atoms with Gasteiger partial charge in [0.1, 0.15) is 5.75 Å². The number of nitrogens with one attached hydrogen (secondary N) is 1. The van der Waals surface area contributed by atoms with Crippen LogP contribution in [0.1, 0.15) is 57.1 Å². The Hall–Kier alpha value is -2.04. The van der Waals surface area contributed by atoms with Gasteiger partial charge < -0.3 is 15.0 Å². The van der Waals surface area contributed by atoms with Crippen molar-refractivity contribution in [2.75, 3.05) is 13.7 Å². The first-order chi connectivity index (χ1) is 12.2. The molecule has 2 aliphatic rings. The van der Waals surface area contributed by atoms with Crippen LogP contribution < -0.4 is 10.1 Å². The summed E-state index contributed by atoms with van der Waals surface area (Å²) < 4.78 is 5.54. The van der Waals surface area contributed by atoms with E-state index in [9.17, 15) is 9.59 Å². The Bertz CT molecular complexity index is 627. The van der Waals surface area contributed by atoms with Crippen LogP contribution in [0.5, 0.6) is 5.75 Å². The van der Waals surface area contributed by atoms with E-state index in [4.69, 9.17) is 4.74 Å². The lowest BCUT2D eigenvalue weighted by molar-refractivity contribution is -0.143. The van der Waals surface area contributed by atoms with Gasteiger partial charge in [-0.1, -0.05) is 31.5 Å². The number of likely N-dealkylation sites (tertiary alicyclic amines) is 1. The molecule has 25 heavy (non-hydrogen) atoms. The second kappa shape index (κ2) is 7.89. The van der Waals surface area contributed by atoms with E-state index in [1.165, 1.54) is 0 Å². The van der Waals surface area contributed by atoms with Crippen LogP contribution in [0, 0.1) is 5.92 Å². The van der Waals surface area contributed by atoms with Gasteiger partial charge >= 0.3 is 0 Å². The van der Waals surface area contributed by atoms with Gasteiger partial charge in [-0.25, -0.2) is 0 Å². The fourth-order valence-corrected chi connectivity index (χ4v) is 3.65. The molecule has 1 aromatic rings. The highest BCUT2D eigenvalue weighted by molar-refractivity contribution is 5.85. The van der Waals surface area contributed by atoms with Crippen molar-refractivity contribution < 1.29 is 14.3 Å². The van der Waals surface area contributed by atoms with Crippen LogP contribution in [-0.4, -0.2) is 36.4 Å². The normalized spacial score (nSPS) is 23.4. The Kier molecular flexibility index (Phi) is 5.61. The van der Waals surface area contributed by atoms with Crippen LogP contribution in [0.3, 0.4) is 0 Å². The summed E-state index contributed by atoms with van der Waals surface area (Å²) in [4.78, 5) is 27.4. The van der Waals surface area contributed by atoms with E-state index in [1.54, 1.807) is 7.11 Å². The monoisotopic (exact) mass is 344 g/mol. The average Bonchev–Trinajstić information content (AvgIpc) is 3.44. The maximum atomic E-state index is 12.9. The van der Waals surface area contributed by atoms with Crippen LogP contribution in [0.4, 0.5) is 0 Å². The summed E-state index contributed by atoms with van der Waals surface area (Å²) in [6.45, 7) is 2.80. The predicted octanol–water partition coefficient (Wildman–Crippen LogP) is 3.05.